The Morgan fingerprint density at radius 1 is 1.27 bits per heavy atom. The Morgan fingerprint density at radius 2 is 2.04 bits per heavy atom. The third-order valence-electron chi connectivity index (χ3n) is 5.06. The standard InChI is InChI=1S/C20H28N4O2/c1-3-9-24-16(2)19(12-21-24)20(26)23-11-10-22(14-18(23)15-25)13-17-7-5-4-6-8-17/h4-8,12,18,25H,3,9-11,13-15H2,1-2H3/t18-/m1/s1. The molecule has 1 fully saturated rings. The first-order valence-corrected chi connectivity index (χ1v) is 9.34. The van der Waals surface area contributed by atoms with Crippen molar-refractivity contribution in [1.29, 1.82) is 0 Å². The second-order valence-electron chi connectivity index (χ2n) is 6.92. The van der Waals surface area contributed by atoms with E-state index in [1.165, 1.54) is 5.56 Å². The van der Waals surface area contributed by atoms with Crippen LogP contribution in [0.4, 0.5) is 0 Å². The van der Waals surface area contributed by atoms with Crippen LogP contribution >= 0.6 is 0 Å². The monoisotopic (exact) mass is 356 g/mol. The molecule has 1 aliphatic rings. The summed E-state index contributed by atoms with van der Waals surface area (Å²) in [4.78, 5) is 17.1. The number of hydrogen-bond acceptors (Lipinski definition) is 4. The molecule has 0 aliphatic carbocycles. The second kappa shape index (κ2) is 8.47. The number of hydrogen-bond donors (Lipinski definition) is 1. The molecule has 0 saturated carbocycles. The number of aromatic nitrogens is 2. The predicted molar refractivity (Wildman–Crippen MR) is 101 cm³/mol. The summed E-state index contributed by atoms with van der Waals surface area (Å²) in [5.41, 5.74) is 2.80. The number of rotatable bonds is 6. The average molecular weight is 356 g/mol. The molecule has 3 rings (SSSR count). The third kappa shape index (κ3) is 3.97. The molecule has 2 heterocycles. The lowest BCUT2D eigenvalue weighted by atomic mass is 10.1. The van der Waals surface area contributed by atoms with Gasteiger partial charge in [-0.05, 0) is 18.9 Å². The molecule has 1 aromatic heterocycles. The fourth-order valence-electron chi connectivity index (χ4n) is 3.58. The second-order valence-corrected chi connectivity index (χ2v) is 6.92. The van der Waals surface area contributed by atoms with Gasteiger partial charge in [-0.3, -0.25) is 14.4 Å². The number of nitrogens with zero attached hydrogens (tertiary/aromatic N) is 4. The summed E-state index contributed by atoms with van der Waals surface area (Å²) < 4.78 is 1.88. The molecule has 1 aliphatic heterocycles. The van der Waals surface area contributed by atoms with Crippen LogP contribution in [0.5, 0.6) is 0 Å². The highest BCUT2D eigenvalue weighted by Gasteiger charge is 2.32. The molecule has 1 amide bonds. The first-order valence-electron chi connectivity index (χ1n) is 9.34. The molecule has 6 heteroatoms. The predicted octanol–water partition coefficient (Wildman–Crippen LogP) is 1.92. The Balaban J connectivity index is 1.68. The van der Waals surface area contributed by atoms with Gasteiger partial charge in [0.05, 0.1) is 24.4 Å². The van der Waals surface area contributed by atoms with Gasteiger partial charge in [0.25, 0.3) is 5.91 Å². The fraction of sp³-hybridized carbons (Fsp3) is 0.500. The topological polar surface area (TPSA) is 61.6 Å². The van der Waals surface area contributed by atoms with Gasteiger partial charge in [-0.15, -0.1) is 0 Å². The van der Waals surface area contributed by atoms with E-state index in [1.54, 1.807) is 6.20 Å². The van der Waals surface area contributed by atoms with E-state index in [9.17, 15) is 9.90 Å². The van der Waals surface area contributed by atoms with Gasteiger partial charge in [-0.1, -0.05) is 37.3 Å². The number of aliphatic hydroxyl groups is 1. The van der Waals surface area contributed by atoms with Crippen molar-refractivity contribution in [2.45, 2.75) is 39.4 Å². The smallest absolute Gasteiger partial charge is 0.257 e. The molecule has 1 saturated heterocycles. The van der Waals surface area contributed by atoms with E-state index in [0.29, 0.717) is 18.7 Å². The van der Waals surface area contributed by atoms with Crippen LogP contribution in [0, 0.1) is 6.92 Å². The number of carbonyl (C=O) groups excluding carboxylic acids is 1. The van der Waals surface area contributed by atoms with Gasteiger partial charge in [0.1, 0.15) is 0 Å². The number of piperazine rings is 1. The molecule has 0 bridgehead atoms. The maximum Gasteiger partial charge on any atom is 0.257 e. The van der Waals surface area contributed by atoms with E-state index >= 15 is 0 Å². The van der Waals surface area contributed by atoms with Crippen LogP contribution < -0.4 is 0 Å². The minimum absolute atomic E-state index is 0.0248. The molecule has 0 radical (unpaired) electrons. The van der Waals surface area contributed by atoms with Gasteiger partial charge < -0.3 is 10.0 Å². The fourth-order valence-corrected chi connectivity index (χ4v) is 3.58. The molecule has 0 spiro atoms. The molecule has 0 unspecified atom stereocenters. The molecule has 140 valence electrons. The van der Waals surface area contributed by atoms with Crippen molar-refractivity contribution < 1.29 is 9.90 Å². The zero-order valence-electron chi connectivity index (χ0n) is 15.6. The number of aliphatic hydroxyl groups excluding tert-OH is 1. The van der Waals surface area contributed by atoms with Crippen molar-refractivity contribution in [2.75, 3.05) is 26.2 Å². The van der Waals surface area contributed by atoms with Gasteiger partial charge in [0.2, 0.25) is 0 Å². The zero-order chi connectivity index (χ0) is 18.5. The van der Waals surface area contributed by atoms with Crippen molar-refractivity contribution >= 4 is 5.91 Å². The number of aryl methyl sites for hydroxylation is 1. The molecular formula is C20H28N4O2. The maximum absolute atomic E-state index is 13.0. The summed E-state index contributed by atoms with van der Waals surface area (Å²) in [6, 6.07) is 10.1. The Labute approximate surface area is 155 Å². The van der Waals surface area contributed by atoms with Crippen LogP contribution in [0.3, 0.4) is 0 Å². The van der Waals surface area contributed by atoms with Gasteiger partial charge >= 0.3 is 0 Å². The van der Waals surface area contributed by atoms with Crippen LogP contribution in [-0.2, 0) is 13.1 Å². The van der Waals surface area contributed by atoms with Crippen molar-refractivity contribution in [3.05, 3.63) is 53.3 Å². The molecule has 2 aromatic rings. The van der Waals surface area contributed by atoms with Crippen LogP contribution in [-0.4, -0.2) is 62.9 Å². The van der Waals surface area contributed by atoms with Crippen LogP contribution in [0.15, 0.2) is 36.5 Å². The largest absolute Gasteiger partial charge is 0.394 e. The highest BCUT2D eigenvalue weighted by atomic mass is 16.3. The lowest BCUT2D eigenvalue weighted by Gasteiger charge is -2.40. The SMILES string of the molecule is CCCn1ncc(C(=O)N2CCN(Cc3ccccc3)C[C@@H]2CO)c1C. The van der Waals surface area contributed by atoms with Crippen molar-refractivity contribution in [3.63, 3.8) is 0 Å². The minimum Gasteiger partial charge on any atom is -0.394 e. The highest BCUT2D eigenvalue weighted by molar-refractivity contribution is 5.95. The summed E-state index contributed by atoms with van der Waals surface area (Å²) >= 11 is 0. The summed E-state index contributed by atoms with van der Waals surface area (Å²) in [5.74, 6) is -0.0248. The zero-order valence-corrected chi connectivity index (χ0v) is 15.6. The Kier molecular flexibility index (Phi) is 6.06. The normalized spacial score (nSPS) is 18.3. The Morgan fingerprint density at radius 3 is 2.73 bits per heavy atom. The van der Waals surface area contributed by atoms with Crippen LogP contribution in [0.1, 0.15) is 35.0 Å². The summed E-state index contributed by atoms with van der Waals surface area (Å²) in [5, 5.41) is 14.2. The Hall–Kier alpha value is -2.18. The van der Waals surface area contributed by atoms with Gasteiger partial charge in [-0.2, -0.15) is 5.10 Å². The highest BCUT2D eigenvalue weighted by Crippen LogP contribution is 2.18. The Bertz CT molecular complexity index is 729. The summed E-state index contributed by atoms with van der Waals surface area (Å²) in [6.07, 6.45) is 2.64. The lowest BCUT2D eigenvalue weighted by Crippen LogP contribution is -2.56. The van der Waals surface area contributed by atoms with Gasteiger partial charge in [-0.25, -0.2) is 0 Å². The quantitative estimate of drug-likeness (QED) is 0.859. The van der Waals surface area contributed by atoms with E-state index in [4.69, 9.17) is 0 Å². The molecule has 1 atom stereocenters. The molecular weight excluding hydrogens is 328 g/mol. The average Bonchev–Trinajstić information content (AvgIpc) is 3.03. The van der Waals surface area contributed by atoms with E-state index in [1.807, 2.05) is 34.7 Å². The first kappa shape index (κ1) is 18.6. The molecule has 1 N–H and O–H groups in total. The molecule has 26 heavy (non-hydrogen) atoms. The van der Waals surface area contributed by atoms with Gasteiger partial charge in [0.15, 0.2) is 0 Å². The number of amides is 1. The third-order valence-corrected chi connectivity index (χ3v) is 5.06. The minimum atomic E-state index is -0.186. The number of benzene rings is 1. The van der Waals surface area contributed by atoms with Crippen molar-refractivity contribution in [1.82, 2.24) is 19.6 Å². The summed E-state index contributed by atoms with van der Waals surface area (Å²) in [7, 11) is 0. The molecule has 6 nitrogen and oxygen atoms in total. The molecule has 1 aromatic carbocycles. The van der Waals surface area contributed by atoms with Crippen molar-refractivity contribution in [3.8, 4) is 0 Å². The lowest BCUT2D eigenvalue weighted by molar-refractivity contribution is 0.0281. The maximum atomic E-state index is 13.0. The first-order chi connectivity index (χ1) is 12.6. The summed E-state index contributed by atoms with van der Waals surface area (Å²) in [6.45, 7) is 7.76. The van der Waals surface area contributed by atoms with Crippen LogP contribution in [0.2, 0.25) is 0 Å². The van der Waals surface area contributed by atoms with Crippen LogP contribution in [0.25, 0.3) is 0 Å². The van der Waals surface area contributed by atoms with E-state index in [-0.39, 0.29) is 18.6 Å². The van der Waals surface area contributed by atoms with E-state index < -0.39 is 0 Å². The van der Waals surface area contributed by atoms with E-state index in [2.05, 4.69) is 29.1 Å². The number of carbonyl (C=O) groups is 1. The van der Waals surface area contributed by atoms with E-state index in [0.717, 1.165) is 31.7 Å². The van der Waals surface area contributed by atoms with Crippen molar-refractivity contribution in [2.24, 2.45) is 0 Å². The van der Waals surface area contributed by atoms with Gasteiger partial charge in [0, 0.05) is 38.4 Å².